The number of rotatable bonds is 3. The zero-order valence-electron chi connectivity index (χ0n) is 13.4. The first-order valence-electron chi connectivity index (χ1n) is 8.64. The average Bonchev–Trinajstić information content (AvgIpc) is 2.54. The van der Waals surface area contributed by atoms with E-state index in [-0.39, 0.29) is 0 Å². The Balaban J connectivity index is 1.54. The number of hydrogen-bond acceptors (Lipinski definition) is 1. The molecular weight excluding hydrogens is 282 g/mol. The Bertz CT molecular complexity index is 466. The van der Waals surface area contributed by atoms with Gasteiger partial charge < -0.3 is 4.74 Å². The molecule has 0 spiro atoms. The standard InChI is InChI=1S/C19H26F2O/c1-22-19-8-6-14(7-9-19)13-2-4-15(5-3-13)16-10-17(20)12-18(21)11-16/h10-15,19H,2-9H2,1H3. The molecule has 2 aliphatic rings. The van der Waals surface area contributed by atoms with Crippen molar-refractivity contribution in [1.29, 1.82) is 0 Å². The molecule has 0 aromatic heterocycles. The lowest BCUT2D eigenvalue weighted by molar-refractivity contribution is 0.0410. The minimum absolute atomic E-state index is 0.330. The zero-order chi connectivity index (χ0) is 15.5. The molecule has 1 aromatic rings. The summed E-state index contributed by atoms with van der Waals surface area (Å²) in [6.07, 6.45) is 9.94. The molecule has 3 rings (SSSR count). The molecule has 0 heterocycles. The first-order valence-corrected chi connectivity index (χ1v) is 8.64. The van der Waals surface area contributed by atoms with Crippen LogP contribution in [0, 0.1) is 23.5 Å². The quantitative estimate of drug-likeness (QED) is 0.722. The van der Waals surface area contributed by atoms with Crippen LogP contribution in [0.25, 0.3) is 0 Å². The number of ether oxygens (including phenoxy) is 1. The van der Waals surface area contributed by atoms with E-state index in [9.17, 15) is 8.78 Å². The highest BCUT2D eigenvalue weighted by molar-refractivity contribution is 5.22. The average molecular weight is 308 g/mol. The van der Waals surface area contributed by atoms with Crippen molar-refractivity contribution in [1.82, 2.24) is 0 Å². The van der Waals surface area contributed by atoms with Crippen LogP contribution < -0.4 is 0 Å². The van der Waals surface area contributed by atoms with E-state index in [1.54, 1.807) is 0 Å². The summed E-state index contributed by atoms with van der Waals surface area (Å²) in [5.41, 5.74) is 0.846. The van der Waals surface area contributed by atoms with E-state index in [1.165, 1.54) is 50.7 Å². The summed E-state index contributed by atoms with van der Waals surface area (Å²) in [5, 5.41) is 0. The molecule has 0 bridgehead atoms. The fourth-order valence-electron chi connectivity index (χ4n) is 4.53. The van der Waals surface area contributed by atoms with Crippen molar-refractivity contribution in [2.75, 3.05) is 7.11 Å². The molecule has 0 unspecified atom stereocenters. The van der Waals surface area contributed by atoms with Crippen molar-refractivity contribution in [3.05, 3.63) is 35.4 Å². The van der Waals surface area contributed by atoms with Gasteiger partial charge in [-0.25, -0.2) is 8.78 Å². The second-order valence-electron chi connectivity index (χ2n) is 7.09. The monoisotopic (exact) mass is 308 g/mol. The lowest BCUT2D eigenvalue weighted by Gasteiger charge is -2.37. The summed E-state index contributed by atoms with van der Waals surface area (Å²) in [6.45, 7) is 0. The number of hydrogen-bond donors (Lipinski definition) is 0. The van der Waals surface area contributed by atoms with E-state index in [2.05, 4.69) is 0 Å². The SMILES string of the molecule is COC1CCC(C2CCC(c3cc(F)cc(F)c3)CC2)CC1. The van der Waals surface area contributed by atoms with Crippen LogP contribution >= 0.6 is 0 Å². The van der Waals surface area contributed by atoms with Gasteiger partial charge in [0, 0.05) is 13.2 Å². The van der Waals surface area contributed by atoms with Gasteiger partial charge in [0.15, 0.2) is 0 Å². The molecule has 3 heteroatoms. The molecule has 1 aromatic carbocycles. The first-order chi connectivity index (χ1) is 10.7. The smallest absolute Gasteiger partial charge is 0.126 e. The Kier molecular flexibility index (Phi) is 5.12. The third-order valence-electron chi connectivity index (χ3n) is 5.85. The summed E-state index contributed by atoms with van der Waals surface area (Å²) in [4.78, 5) is 0. The Hall–Kier alpha value is -0.960. The van der Waals surface area contributed by atoms with E-state index < -0.39 is 11.6 Å². The van der Waals surface area contributed by atoms with Gasteiger partial charge >= 0.3 is 0 Å². The van der Waals surface area contributed by atoms with E-state index in [4.69, 9.17) is 4.74 Å². The van der Waals surface area contributed by atoms with Gasteiger partial charge in [-0.05, 0) is 86.8 Å². The summed E-state index contributed by atoms with van der Waals surface area (Å²) in [5.74, 6) is 1.06. The van der Waals surface area contributed by atoms with Crippen LogP contribution in [0.15, 0.2) is 18.2 Å². The van der Waals surface area contributed by atoms with Gasteiger partial charge in [0.2, 0.25) is 0 Å². The van der Waals surface area contributed by atoms with E-state index in [0.717, 1.165) is 36.3 Å². The molecule has 1 nitrogen and oxygen atoms in total. The van der Waals surface area contributed by atoms with Gasteiger partial charge in [0.1, 0.15) is 11.6 Å². The second-order valence-corrected chi connectivity index (χ2v) is 7.09. The molecule has 0 N–H and O–H groups in total. The van der Waals surface area contributed by atoms with Crippen molar-refractivity contribution in [3.8, 4) is 0 Å². The molecule has 2 saturated carbocycles. The van der Waals surface area contributed by atoms with Crippen molar-refractivity contribution in [2.45, 2.75) is 63.4 Å². The molecule has 22 heavy (non-hydrogen) atoms. The molecule has 122 valence electrons. The minimum Gasteiger partial charge on any atom is -0.381 e. The van der Waals surface area contributed by atoms with Crippen molar-refractivity contribution in [2.24, 2.45) is 11.8 Å². The number of benzene rings is 1. The van der Waals surface area contributed by atoms with Crippen molar-refractivity contribution >= 4 is 0 Å². The lowest BCUT2D eigenvalue weighted by atomic mass is 9.69. The fourth-order valence-corrected chi connectivity index (χ4v) is 4.53. The topological polar surface area (TPSA) is 9.23 Å². The van der Waals surface area contributed by atoms with Crippen molar-refractivity contribution in [3.63, 3.8) is 0 Å². The zero-order valence-corrected chi connectivity index (χ0v) is 13.4. The maximum absolute atomic E-state index is 13.4. The molecule has 0 aliphatic heterocycles. The van der Waals surface area contributed by atoms with Gasteiger partial charge in [-0.3, -0.25) is 0 Å². The maximum atomic E-state index is 13.4. The van der Waals surface area contributed by atoms with Crippen LogP contribution in [-0.2, 0) is 4.74 Å². The molecule has 0 radical (unpaired) electrons. The van der Waals surface area contributed by atoms with Gasteiger partial charge in [0.25, 0.3) is 0 Å². The molecule has 0 amide bonds. The minimum atomic E-state index is -0.449. The largest absolute Gasteiger partial charge is 0.381 e. The predicted octanol–water partition coefficient (Wildman–Crippen LogP) is 5.44. The van der Waals surface area contributed by atoms with Crippen LogP contribution in [0.1, 0.15) is 62.8 Å². The van der Waals surface area contributed by atoms with Crippen LogP contribution in [0.4, 0.5) is 8.78 Å². The fraction of sp³-hybridized carbons (Fsp3) is 0.684. The molecule has 0 saturated heterocycles. The predicted molar refractivity (Wildman–Crippen MR) is 83.8 cm³/mol. The molecule has 2 fully saturated rings. The van der Waals surface area contributed by atoms with E-state index >= 15 is 0 Å². The lowest BCUT2D eigenvalue weighted by Crippen LogP contribution is -2.27. The van der Waals surface area contributed by atoms with Crippen LogP contribution in [0.3, 0.4) is 0 Å². The van der Waals surface area contributed by atoms with Crippen LogP contribution in [-0.4, -0.2) is 13.2 Å². The van der Waals surface area contributed by atoms with Gasteiger partial charge in [0.05, 0.1) is 6.10 Å². The van der Waals surface area contributed by atoms with Gasteiger partial charge in [-0.2, -0.15) is 0 Å². The summed E-state index contributed by atoms with van der Waals surface area (Å²) >= 11 is 0. The van der Waals surface area contributed by atoms with E-state index in [1.807, 2.05) is 7.11 Å². The highest BCUT2D eigenvalue weighted by atomic mass is 19.1. The Morgan fingerprint density at radius 2 is 1.27 bits per heavy atom. The third kappa shape index (κ3) is 3.68. The Labute approximate surface area is 132 Å². The van der Waals surface area contributed by atoms with Gasteiger partial charge in [-0.1, -0.05) is 0 Å². The Morgan fingerprint density at radius 3 is 1.77 bits per heavy atom. The highest BCUT2D eigenvalue weighted by Gasteiger charge is 2.31. The molecule has 2 aliphatic carbocycles. The number of methoxy groups -OCH3 is 1. The Morgan fingerprint density at radius 1 is 0.773 bits per heavy atom. The number of halogens is 2. The van der Waals surface area contributed by atoms with Gasteiger partial charge in [-0.15, -0.1) is 0 Å². The second kappa shape index (κ2) is 7.08. The summed E-state index contributed by atoms with van der Waals surface area (Å²) in [7, 11) is 1.81. The van der Waals surface area contributed by atoms with Crippen molar-refractivity contribution < 1.29 is 13.5 Å². The summed E-state index contributed by atoms with van der Waals surface area (Å²) in [6, 6.07) is 3.99. The third-order valence-corrected chi connectivity index (χ3v) is 5.85. The highest BCUT2D eigenvalue weighted by Crippen LogP contribution is 2.43. The first kappa shape index (κ1) is 15.9. The maximum Gasteiger partial charge on any atom is 0.126 e. The van der Waals surface area contributed by atoms with Crippen LogP contribution in [0.5, 0.6) is 0 Å². The molecule has 0 atom stereocenters. The van der Waals surface area contributed by atoms with E-state index in [0.29, 0.717) is 12.0 Å². The normalized spacial score (nSPS) is 32.9. The van der Waals surface area contributed by atoms with Crippen LogP contribution in [0.2, 0.25) is 0 Å². The summed E-state index contributed by atoms with van der Waals surface area (Å²) < 4.78 is 32.2. The molecular formula is C19H26F2O.